The summed E-state index contributed by atoms with van der Waals surface area (Å²) in [5.74, 6) is -0.372. The van der Waals surface area contributed by atoms with Crippen LogP contribution in [-0.2, 0) is 11.8 Å². The van der Waals surface area contributed by atoms with Crippen molar-refractivity contribution in [3.8, 4) is 12.1 Å². The first-order valence-electron chi connectivity index (χ1n) is 7.13. The highest BCUT2D eigenvalue weighted by Crippen LogP contribution is 2.19. The number of piperidine rings is 1. The van der Waals surface area contributed by atoms with Gasteiger partial charge in [0.25, 0.3) is 5.91 Å². The molecule has 1 aliphatic heterocycles. The minimum absolute atomic E-state index is 0.0206. The molecule has 1 unspecified atom stereocenters. The normalized spacial score (nSPS) is 18.7. The number of β-amino-alcohol motifs (C(OH)–C–C–N with tert-alkyl or cyclic N) is 1. The number of carbonyl (C=O) groups excluding carboxylic acids is 1. The summed E-state index contributed by atoms with van der Waals surface area (Å²) >= 11 is 0. The van der Waals surface area contributed by atoms with E-state index in [9.17, 15) is 15.2 Å². The molecule has 0 bridgehead atoms. The van der Waals surface area contributed by atoms with Crippen molar-refractivity contribution >= 4 is 12.0 Å². The first-order chi connectivity index (χ1) is 10.5. The molecule has 1 atom stereocenters. The van der Waals surface area contributed by atoms with Crippen molar-refractivity contribution in [1.29, 1.82) is 10.5 Å². The third-order valence-corrected chi connectivity index (χ3v) is 4.02. The lowest BCUT2D eigenvalue weighted by Crippen LogP contribution is -2.42. The lowest BCUT2D eigenvalue weighted by Gasteiger charge is -2.29. The molecule has 0 spiro atoms. The Labute approximate surface area is 129 Å². The topological polar surface area (TPSA) is 93.1 Å². The summed E-state index contributed by atoms with van der Waals surface area (Å²) in [4.78, 5) is 13.9. The molecule has 1 N–H and O–H groups in total. The summed E-state index contributed by atoms with van der Waals surface area (Å²) in [6, 6.07) is 5.66. The predicted octanol–water partition coefficient (Wildman–Crippen LogP) is 1.10. The van der Waals surface area contributed by atoms with E-state index in [1.807, 2.05) is 13.0 Å². The van der Waals surface area contributed by atoms with E-state index >= 15 is 0 Å². The van der Waals surface area contributed by atoms with Gasteiger partial charge in [0.2, 0.25) is 0 Å². The van der Waals surface area contributed by atoms with Gasteiger partial charge in [0.1, 0.15) is 23.4 Å². The van der Waals surface area contributed by atoms with Gasteiger partial charge >= 0.3 is 0 Å². The van der Waals surface area contributed by atoms with Crippen LogP contribution in [0.4, 0.5) is 0 Å². The minimum atomic E-state index is -0.527. The van der Waals surface area contributed by atoms with Crippen LogP contribution in [0.25, 0.3) is 6.08 Å². The molecule has 1 aromatic rings. The highest BCUT2D eigenvalue weighted by Gasteiger charge is 2.24. The molecule has 6 nitrogen and oxygen atoms in total. The Hall–Kier alpha value is -2.57. The van der Waals surface area contributed by atoms with Crippen molar-refractivity contribution in [2.24, 2.45) is 7.05 Å². The maximum absolute atomic E-state index is 12.4. The van der Waals surface area contributed by atoms with Crippen LogP contribution in [0.3, 0.4) is 0 Å². The van der Waals surface area contributed by atoms with Crippen molar-refractivity contribution < 1.29 is 9.90 Å². The van der Waals surface area contributed by atoms with E-state index in [2.05, 4.69) is 6.07 Å². The van der Waals surface area contributed by atoms with Gasteiger partial charge in [-0.05, 0) is 37.5 Å². The Morgan fingerprint density at radius 2 is 2.23 bits per heavy atom. The van der Waals surface area contributed by atoms with E-state index < -0.39 is 6.10 Å². The zero-order valence-corrected chi connectivity index (χ0v) is 12.7. The molecule has 2 heterocycles. The van der Waals surface area contributed by atoms with Crippen LogP contribution >= 0.6 is 0 Å². The van der Waals surface area contributed by atoms with Crippen LogP contribution in [-0.4, -0.2) is 39.7 Å². The van der Waals surface area contributed by atoms with Crippen LogP contribution < -0.4 is 0 Å². The summed E-state index contributed by atoms with van der Waals surface area (Å²) < 4.78 is 1.72. The number of likely N-dealkylation sites (tertiary alicyclic amines) is 1. The maximum Gasteiger partial charge on any atom is 0.264 e. The molecular formula is C16H18N4O2. The van der Waals surface area contributed by atoms with Gasteiger partial charge < -0.3 is 14.6 Å². The van der Waals surface area contributed by atoms with Crippen LogP contribution in [0, 0.1) is 29.6 Å². The molecule has 1 amide bonds. The number of aliphatic hydroxyl groups excluding tert-OH is 1. The fourth-order valence-corrected chi connectivity index (χ4v) is 2.58. The zero-order valence-electron chi connectivity index (χ0n) is 12.7. The quantitative estimate of drug-likeness (QED) is 0.653. The molecule has 1 aromatic heterocycles. The molecule has 22 heavy (non-hydrogen) atoms. The fraction of sp³-hybridized carbons (Fsp3) is 0.438. The van der Waals surface area contributed by atoms with Crippen molar-refractivity contribution in [2.75, 3.05) is 13.1 Å². The van der Waals surface area contributed by atoms with Crippen molar-refractivity contribution in [2.45, 2.75) is 25.9 Å². The lowest BCUT2D eigenvalue weighted by atomic mass is 10.1. The van der Waals surface area contributed by atoms with Crippen LogP contribution in [0.1, 0.15) is 29.8 Å². The average molecular weight is 298 g/mol. The number of aliphatic hydroxyl groups is 1. The largest absolute Gasteiger partial charge is 0.391 e. The summed E-state index contributed by atoms with van der Waals surface area (Å²) in [6.45, 7) is 2.64. The molecule has 6 heteroatoms. The summed E-state index contributed by atoms with van der Waals surface area (Å²) in [6.07, 6.45) is 2.40. The predicted molar refractivity (Wildman–Crippen MR) is 80.3 cm³/mol. The number of nitrogens with zero attached hydrogens (tertiary/aromatic N) is 4. The minimum Gasteiger partial charge on any atom is -0.391 e. The Morgan fingerprint density at radius 3 is 2.77 bits per heavy atom. The number of amides is 1. The average Bonchev–Trinajstić information content (AvgIpc) is 2.79. The SMILES string of the molecule is Cc1c(C=C(C#N)C(=O)N2CCCC(O)C2)cc(C#N)n1C. The first kappa shape index (κ1) is 15.8. The Morgan fingerprint density at radius 1 is 1.50 bits per heavy atom. The molecule has 1 fully saturated rings. The van der Waals surface area contributed by atoms with E-state index in [-0.39, 0.29) is 18.0 Å². The summed E-state index contributed by atoms with van der Waals surface area (Å²) in [5.41, 5.74) is 1.99. The smallest absolute Gasteiger partial charge is 0.264 e. The first-order valence-corrected chi connectivity index (χ1v) is 7.13. The molecule has 0 saturated carbocycles. The zero-order chi connectivity index (χ0) is 16.3. The maximum atomic E-state index is 12.4. The van der Waals surface area contributed by atoms with E-state index in [1.165, 1.54) is 11.0 Å². The van der Waals surface area contributed by atoms with Gasteiger partial charge in [-0.1, -0.05) is 0 Å². The Bertz CT molecular complexity index is 703. The lowest BCUT2D eigenvalue weighted by molar-refractivity contribution is -0.129. The fourth-order valence-electron chi connectivity index (χ4n) is 2.58. The molecule has 2 rings (SSSR count). The number of rotatable bonds is 2. The molecule has 0 aromatic carbocycles. The van der Waals surface area contributed by atoms with Gasteiger partial charge in [0.05, 0.1) is 6.10 Å². The van der Waals surface area contributed by atoms with Gasteiger partial charge in [-0.3, -0.25) is 4.79 Å². The number of hydrogen-bond acceptors (Lipinski definition) is 4. The van der Waals surface area contributed by atoms with Gasteiger partial charge in [0.15, 0.2) is 0 Å². The van der Waals surface area contributed by atoms with Crippen molar-refractivity contribution in [1.82, 2.24) is 9.47 Å². The van der Waals surface area contributed by atoms with E-state index in [4.69, 9.17) is 5.26 Å². The summed E-state index contributed by atoms with van der Waals surface area (Å²) in [7, 11) is 1.76. The molecule has 0 aliphatic carbocycles. The Kier molecular flexibility index (Phi) is 4.65. The van der Waals surface area contributed by atoms with E-state index in [0.717, 1.165) is 12.1 Å². The van der Waals surface area contributed by atoms with E-state index in [1.54, 1.807) is 17.7 Å². The van der Waals surface area contributed by atoms with Crippen molar-refractivity contribution in [3.05, 3.63) is 28.6 Å². The van der Waals surface area contributed by atoms with E-state index in [0.29, 0.717) is 24.2 Å². The summed E-state index contributed by atoms with van der Waals surface area (Å²) in [5, 5.41) is 28.0. The van der Waals surface area contributed by atoms with Gasteiger partial charge in [-0.15, -0.1) is 0 Å². The number of aromatic nitrogens is 1. The highest BCUT2D eigenvalue weighted by atomic mass is 16.3. The van der Waals surface area contributed by atoms with Crippen LogP contribution in [0.5, 0.6) is 0 Å². The third-order valence-electron chi connectivity index (χ3n) is 4.02. The van der Waals surface area contributed by atoms with Gasteiger partial charge in [-0.2, -0.15) is 10.5 Å². The second-order valence-corrected chi connectivity index (χ2v) is 5.46. The molecular weight excluding hydrogens is 280 g/mol. The Balaban J connectivity index is 2.30. The monoisotopic (exact) mass is 298 g/mol. The molecule has 0 radical (unpaired) electrons. The third kappa shape index (κ3) is 3.03. The number of carbonyl (C=O) groups is 1. The molecule has 1 aliphatic rings. The molecule has 114 valence electrons. The highest BCUT2D eigenvalue weighted by molar-refractivity contribution is 6.01. The van der Waals surface area contributed by atoms with Crippen LogP contribution in [0.15, 0.2) is 11.6 Å². The number of hydrogen-bond donors (Lipinski definition) is 1. The molecule has 1 saturated heterocycles. The second kappa shape index (κ2) is 6.46. The van der Waals surface area contributed by atoms with Gasteiger partial charge in [0, 0.05) is 25.8 Å². The standard InChI is InChI=1S/C16H18N4O2/c1-11-12(7-14(9-18)19(11)2)6-13(8-17)16(22)20-5-3-4-15(21)10-20/h6-7,15,21H,3-5,10H2,1-2H3. The number of nitriles is 2. The van der Waals surface area contributed by atoms with Gasteiger partial charge in [-0.25, -0.2) is 0 Å². The van der Waals surface area contributed by atoms with Crippen LogP contribution in [0.2, 0.25) is 0 Å². The van der Waals surface area contributed by atoms with Crippen molar-refractivity contribution in [3.63, 3.8) is 0 Å². The second-order valence-electron chi connectivity index (χ2n) is 5.46.